The molecule has 1 aliphatic heterocycles. The van der Waals surface area contributed by atoms with Crippen LogP contribution in [-0.4, -0.2) is 35.1 Å². The summed E-state index contributed by atoms with van der Waals surface area (Å²) in [5.74, 6) is 0.659. The molecule has 0 aromatic carbocycles. The fraction of sp³-hybridized carbons (Fsp3) is 0.941. The Kier molecular flexibility index (Phi) is 5.11. The minimum Gasteiger partial charge on any atom is -0.481 e. The zero-order valence-corrected chi connectivity index (χ0v) is 13.4. The van der Waals surface area contributed by atoms with Crippen LogP contribution in [0.2, 0.25) is 0 Å². The molecular formula is C17H31NO2. The molecule has 2 aliphatic rings. The number of rotatable bonds is 3. The second-order valence-electron chi connectivity index (χ2n) is 7.95. The molecule has 1 saturated carbocycles. The van der Waals surface area contributed by atoms with Gasteiger partial charge in [0.2, 0.25) is 0 Å². The van der Waals surface area contributed by atoms with Crippen molar-refractivity contribution in [3.8, 4) is 0 Å². The van der Waals surface area contributed by atoms with E-state index >= 15 is 0 Å². The minimum absolute atomic E-state index is 0.366. The van der Waals surface area contributed by atoms with Crippen molar-refractivity contribution in [2.24, 2.45) is 17.3 Å². The Labute approximate surface area is 123 Å². The summed E-state index contributed by atoms with van der Waals surface area (Å²) >= 11 is 0. The normalized spacial score (nSPS) is 30.4. The molecule has 116 valence electrons. The molecular weight excluding hydrogens is 250 g/mol. The van der Waals surface area contributed by atoms with Gasteiger partial charge in [0.15, 0.2) is 0 Å². The summed E-state index contributed by atoms with van der Waals surface area (Å²) in [4.78, 5) is 13.4. The number of aliphatic carboxylic acids is 1. The fourth-order valence-corrected chi connectivity index (χ4v) is 4.08. The Morgan fingerprint density at radius 2 is 1.60 bits per heavy atom. The average molecular weight is 281 g/mol. The van der Waals surface area contributed by atoms with Crippen LogP contribution in [0.5, 0.6) is 0 Å². The average Bonchev–Trinajstić information content (AvgIpc) is 2.38. The molecule has 0 atom stereocenters. The van der Waals surface area contributed by atoms with Crippen LogP contribution in [0.15, 0.2) is 0 Å². The maximum atomic E-state index is 10.8. The van der Waals surface area contributed by atoms with Crippen molar-refractivity contribution in [1.82, 2.24) is 4.90 Å². The summed E-state index contributed by atoms with van der Waals surface area (Å²) in [6.07, 6.45) is 7.92. The molecule has 0 aromatic rings. The van der Waals surface area contributed by atoms with Gasteiger partial charge in [-0.05, 0) is 68.9 Å². The van der Waals surface area contributed by atoms with Crippen molar-refractivity contribution in [3.05, 3.63) is 0 Å². The number of carbonyl (C=O) groups is 1. The van der Waals surface area contributed by atoms with E-state index in [0.29, 0.717) is 17.8 Å². The van der Waals surface area contributed by atoms with E-state index in [4.69, 9.17) is 5.11 Å². The van der Waals surface area contributed by atoms with Crippen LogP contribution in [0.1, 0.15) is 65.7 Å². The predicted molar refractivity (Wildman–Crippen MR) is 81.8 cm³/mol. The van der Waals surface area contributed by atoms with E-state index in [0.717, 1.165) is 37.9 Å². The molecule has 0 amide bonds. The van der Waals surface area contributed by atoms with Crippen molar-refractivity contribution in [1.29, 1.82) is 0 Å². The van der Waals surface area contributed by atoms with Crippen LogP contribution in [0.25, 0.3) is 0 Å². The van der Waals surface area contributed by atoms with E-state index in [9.17, 15) is 4.79 Å². The monoisotopic (exact) mass is 281 g/mol. The second kappa shape index (κ2) is 6.46. The van der Waals surface area contributed by atoms with Crippen LogP contribution in [-0.2, 0) is 4.79 Å². The zero-order chi connectivity index (χ0) is 14.8. The highest BCUT2D eigenvalue weighted by Crippen LogP contribution is 2.39. The van der Waals surface area contributed by atoms with Gasteiger partial charge >= 0.3 is 5.97 Å². The Balaban J connectivity index is 1.74. The molecule has 0 radical (unpaired) electrons. The number of hydrogen-bond donors (Lipinski definition) is 1. The topological polar surface area (TPSA) is 40.5 Å². The lowest BCUT2D eigenvalue weighted by Crippen LogP contribution is -2.44. The van der Waals surface area contributed by atoms with E-state index in [1.807, 2.05) is 0 Å². The van der Waals surface area contributed by atoms with Gasteiger partial charge in [-0.1, -0.05) is 20.8 Å². The van der Waals surface area contributed by atoms with Crippen molar-refractivity contribution in [3.63, 3.8) is 0 Å². The Bertz CT molecular complexity index is 318. The molecule has 1 heterocycles. The third-order valence-electron chi connectivity index (χ3n) is 5.55. The van der Waals surface area contributed by atoms with E-state index in [1.165, 1.54) is 25.7 Å². The van der Waals surface area contributed by atoms with E-state index < -0.39 is 5.97 Å². The quantitative estimate of drug-likeness (QED) is 0.856. The summed E-state index contributed by atoms with van der Waals surface area (Å²) in [5, 5.41) is 8.87. The fourth-order valence-electron chi connectivity index (χ4n) is 4.08. The summed E-state index contributed by atoms with van der Waals surface area (Å²) in [6, 6.07) is 0.763. The van der Waals surface area contributed by atoms with Crippen molar-refractivity contribution in [2.75, 3.05) is 13.1 Å². The molecule has 0 aromatic heterocycles. The molecule has 20 heavy (non-hydrogen) atoms. The van der Waals surface area contributed by atoms with Gasteiger partial charge in [0, 0.05) is 12.5 Å². The number of carboxylic acid groups (broad SMARTS) is 1. The van der Waals surface area contributed by atoms with E-state index in [2.05, 4.69) is 25.7 Å². The van der Waals surface area contributed by atoms with Gasteiger partial charge in [-0.2, -0.15) is 0 Å². The van der Waals surface area contributed by atoms with Gasteiger partial charge in [0.25, 0.3) is 0 Å². The van der Waals surface area contributed by atoms with Gasteiger partial charge in [0.05, 0.1) is 0 Å². The van der Waals surface area contributed by atoms with E-state index in [1.54, 1.807) is 0 Å². The van der Waals surface area contributed by atoms with Crippen LogP contribution in [0.3, 0.4) is 0 Å². The maximum Gasteiger partial charge on any atom is 0.303 e. The smallest absolute Gasteiger partial charge is 0.303 e. The van der Waals surface area contributed by atoms with Gasteiger partial charge in [-0.15, -0.1) is 0 Å². The summed E-state index contributed by atoms with van der Waals surface area (Å²) in [7, 11) is 0. The number of likely N-dealkylation sites (tertiary alicyclic amines) is 1. The van der Waals surface area contributed by atoms with E-state index in [-0.39, 0.29) is 0 Å². The molecule has 1 aliphatic carbocycles. The molecule has 1 N–H and O–H groups in total. The number of carboxylic acids is 1. The molecule has 0 unspecified atom stereocenters. The Morgan fingerprint density at radius 1 is 1.05 bits per heavy atom. The first-order valence-electron chi connectivity index (χ1n) is 8.32. The first kappa shape index (κ1) is 15.8. The van der Waals surface area contributed by atoms with Crippen LogP contribution in [0.4, 0.5) is 0 Å². The number of nitrogens with zero attached hydrogens (tertiary/aromatic N) is 1. The first-order valence-corrected chi connectivity index (χ1v) is 8.32. The van der Waals surface area contributed by atoms with Gasteiger partial charge in [-0.25, -0.2) is 0 Å². The summed E-state index contributed by atoms with van der Waals surface area (Å²) in [5.41, 5.74) is 0.458. The third-order valence-corrected chi connectivity index (χ3v) is 5.55. The Morgan fingerprint density at radius 3 is 2.05 bits per heavy atom. The molecule has 3 nitrogen and oxygen atoms in total. The summed E-state index contributed by atoms with van der Waals surface area (Å²) < 4.78 is 0. The molecule has 0 bridgehead atoms. The first-order chi connectivity index (χ1) is 9.36. The molecule has 1 saturated heterocycles. The lowest BCUT2D eigenvalue weighted by molar-refractivity contribution is -0.138. The number of piperidine rings is 1. The Hall–Kier alpha value is -0.570. The largest absolute Gasteiger partial charge is 0.481 e. The zero-order valence-electron chi connectivity index (χ0n) is 13.4. The summed E-state index contributed by atoms with van der Waals surface area (Å²) in [6.45, 7) is 9.34. The van der Waals surface area contributed by atoms with Crippen molar-refractivity contribution >= 4 is 5.97 Å². The van der Waals surface area contributed by atoms with Crippen molar-refractivity contribution in [2.45, 2.75) is 71.8 Å². The highest BCUT2D eigenvalue weighted by molar-refractivity contribution is 5.67. The highest BCUT2D eigenvalue weighted by atomic mass is 16.4. The minimum atomic E-state index is -0.630. The lowest BCUT2D eigenvalue weighted by atomic mass is 9.71. The molecule has 2 fully saturated rings. The van der Waals surface area contributed by atoms with Gasteiger partial charge < -0.3 is 10.0 Å². The third kappa shape index (κ3) is 4.21. The standard InChI is InChI=1S/C17H31NO2/c1-17(2,3)14-4-6-15(7-5-14)18-10-8-13(9-11-18)12-16(19)20/h13-15H,4-12H2,1-3H3,(H,19,20). The molecule has 0 spiro atoms. The van der Waals surface area contributed by atoms with Gasteiger partial charge in [-0.3, -0.25) is 4.79 Å². The molecule has 3 heteroatoms. The lowest BCUT2D eigenvalue weighted by Gasteiger charge is -2.43. The van der Waals surface area contributed by atoms with Crippen LogP contribution < -0.4 is 0 Å². The highest BCUT2D eigenvalue weighted by Gasteiger charge is 2.33. The molecule has 2 rings (SSSR count). The second-order valence-corrected chi connectivity index (χ2v) is 7.95. The predicted octanol–water partition coefficient (Wildman–Crippen LogP) is 3.78. The van der Waals surface area contributed by atoms with Crippen LogP contribution in [0, 0.1) is 17.3 Å². The van der Waals surface area contributed by atoms with Crippen molar-refractivity contribution < 1.29 is 9.90 Å². The number of hydrogen-bond acceptors (Lipinski definition) is 2. The maximum absolute atomic E-state index is 10.8. The SMILES string of the molecule is CC(C)(C)C1CCC(N2CCC(CC(=O)O)CC2)CC1. The van der Waals surface area contributed by atoms with Gasteiger partial charge in [0.1, 0.15) is 0 Å². The van der Waals surface area contributed by atoms with Crippen LogP contribution >= 0.6 is 0 Å².